The lowest BCUT2D eigenvalue weighted by Crippen LogP contribution is -2.26. The zero-order valence-corrected chi connectivity index (χ0v) is 33.4. The highest BCUT2D eigenvalue weighted by Gasteiger charge is 2.51. The van der Waals surface area contributed by atoms with Gasteiger partial charge in [0.05, 0.1) is 16.5 Å². The van der Waals surface area contributed by atoms with E-state index in [4.69, 9.17) is 4.42 Å². The van der Waals surface area contributed by atoms with Crippen molar-refractivity contribution in [1.82, 2.24) is 0 Å². The van der Waals surface area contributed by atoms with Gasteiger partial charge in [-0.3, -0.25) is 0 Å². The van der Waals surface area contributed by atoms with E-state index in [1.165, 1.54) is 77.9 Å². The molecule has 10 aromatic rings. The molecule has 0 aliphatic heterocycles. The highest BCUT2D eigenvalue weighted by molar-refractivity contribution is 6.14. The number of furan rings is 1. The van der Waals surface area contributed by atoms with E-state index >= 15 is 0 Å². The van der Waals surface area contributed by atoms with Gasteiger partial charge in [0.25, 0.3) is 0 Å². The van der Waals surface area contributed by atoms with E-state index in [9.17, 15) is 0 Å². The lowest BCUT2D eigenvalue weighted by molar-refractivity contribution is 0.660. The van der Waals surface area contributed by atoms with Crippen molar-refractivity contribution in [2.45, 2.75) is 24.7 Å². The molecule has 0 bridgehead atoms. The first-order chi connectivity index (χ1) is 29.5. The van der Waals surface area contributed by atoms with Gasteiger partial charge < -0.3 is 9.32 Å². The molecule has 3 aliphatic rings. The summed E-state index contributed by atoms with van der Waals surface area (Å²) in [5.41, 5.74) is 22.7. The molecule has 2 heteroatoms. The summed E-state index contributed by atoms with van der Waals surface area (Å²) in [5.74, 6) is 0. The van der Waals surface area contributed by atoms with Crippen LogP contribution in [0.3, 0.4) is 0 Å². The fourth-order valence-electron chi connectivity index (χ4n) is 11.4. The molecule has 282 valence electrons. The predicted octanol–water partition coefficient (Wildman–Crippen LogP) is 15.4. The molecule has 0 saturated carbocycles. The molecule has 1 aromatic heterocycles. The first-order valence-electron chi connectivity index (χ1n) is 21.0. The van der Waals surface area contributed by atoms with Crippen molar-refractivity contribution in [3.63, 3.8) is 0 Å². The highest BCUT2D eigenvalue weighted by atomic mass is 16.3. The number of fused-ring (bicyclic) bond motifs is 16. The normalized spacial score (nSPS) is 14.4. The molecule has 0 radical (unpaired) electrons. The molecule has 2 nitrogen and oxygen atoms in total. The number of hydrogen-bond acceptors (Lipinski definition) is 2. The summed E-state index contributed by atoms with van der Waals surface area (Å²) in [6, 6.07) is 74.2. The summed E-state index contributed by atoms with van der Waals surface area (Å²) in [6.45, 7) is 4.77. The van der Waals surface area contributed by atoms with Crippen molar-refractivity contribution >= 4 is 39.0 Å². The molecule has 1 spiro atoms. The van der Waals surface area contributed by atoms with Gasteiger partial charge in [0, 0.05) is 22.2 Å². The Morgan fingerprint density at radius 2 is 0.933 bits per heavy atom. The summed E-state index contributed by atoms with van der Waals surface area (Å²) in [5, 5.41) is 2.21. The summed E-state index contributed by atoms with van der Waals surface area (Å²) in [6.07, 6.45) is 0. The molecule has 0 fully saturated rings. The predicted molar refractivity (Wildman–Crippen MR) is 248 cm³/mol. The Bertz CT molecular complexity index is 3360. The monoisotopic (exact) mass is 765 g/mol. The van der Waals surface area contributed by atoms with E-state index in [0.29, 0.717) is 0 Å². The first-order valence-corrected chi connectivity index (χ1v) is 21.0. The quantitative estimate of drug-likeness (QED) is 0.177. The third-order valence-corrected chi connectivity index (χ3v) is 13.9. The standard InChI is InChI=1S/C58H39NO/c1-57(2)46-24-11-9-22-43(46)55-45(36-17-4-3-5-18-36)33-38(35-51(55)57)59(52-28-16-30-54-56(52)44-23-10-15-29-53(44)60-54)37-31-32-42-41-21-8-14-27-49(41)58(50(42)34-37)47-25-12-6-19-39(47)40-20-7-13-26-48(40)58/h3-35H,1-2H3. The van der Waals surface area contributed by atoms with Crippen LogP contribution < -0.4 is 4.90 Å². The van der Waals surface area contributed by atoms with E-state index in [0.717, 1.165) is 39.0 Å². The SMILES string of the molecule is CC1(C)c2ccccc2-c2c(-c3ccccc3)cc(N(c3ccc4c(c3)C3(c5ccccc5-c5ccccc53)c3ccccc3-4)c3cccc4oc5ccccc5c34)cc21. The van der Waals surface area contributed by atoms with Gasteiger partial charge in [0.15, 0.2) is 0 Å². The number of hydrogen-bond donors (Lipinski definition) is 0. The van der Waals surface area contributed by atoms with Crippen LogP contribution in [0.2, 0.25) is 0 Å². The van der Waals surface area contributed by atoms with Gasteiger partial charge in [-0.1, -0.05) is 172 Å². The maximum Gasteiger partial charge on any atom is 0.137 e. The van der Waals surface area contributed by atoms with Crippen molar-refractivity contribution in [3.05, 3.63) is 234 Å². The van der Waals surface area contributed by atoms with E-state index in [-0.39, 0.29) is 5.41 Å². The number of benzene rings is 9. The number of nitrogens with zero attached hydrogens (tertiary/aromatic N) is 1. The second-order valence-corrected chi connectivity index (χ2v) is 17.2. The lowest BCUT2D eigenvalue weighted by atomic mass is 9.70. The zero-order chi connectivity index (χ0) is 39.7. The molecule has 0 N–H and O–H groups in total. The van der Waals surface area contributed by atoms with Crippen LogP contribution in [0, 0.1) is 0 Å². The van der Waals surface area contributed by atoms with Crippen molar-refractivity contribution in [2.75, 3.05) is 4.90 Å². The molecule has 1 heterocycles. The Morgan fingerprint density at radius 3 is 1.63 bits per heavy atom. The topological polar surface area (TPSA) is 16.4 Å². The van der Waals surface area contributed by atoms with Gasteiger partial charge in [-0.05, 0) is 120 Å². The first kappa shape index (κ1) is 33.5. The van der Waals surface area contributed by atoms with E-state index in [1.54, 1.807) is 0 Å². The third-order valence-electron chi connectivity index (χ3n) is 13.9. The van der Waals surface area contributed by atoms with E-state index in [2.05, 4.69) is 219 Å². The fraction of sp³-hybridized carbons (Fsp3) is 0.0690. The second kappa shape index (κ2) is 12.1. The maximum atomic E-state index is 6.60. The highest BCUT2D eigenvalue weighted by Crippen LogP contribution is 2.64. The van der Waals surface area contributed by atoms with E-state index < -0.39 is 5.41 Å². The van der Waals surface area contributed by atoms with E-state index in [1.807, 2.05) is 0 Å². The molecule has 9 aromatic carbocycles. The smallest absolute Gasteiger partial charge is 0.137 e. The summed E-state index contributed by atoms with van der Waals surface area (Å²) in [4.78, 5) is 2.51. The Morgan fingerprint density at radius 1 is 0.383 bits per heavy atom. The molecule has 13 rings (SSSR count). The average molecular weight is 766 g/mol. The number of anilines is 3. The Balaban J connectivity index is 1.15. The van der Waals surface area contributed by atoms with Crippen LogP contribution in [0.1, 0.15) is 47.2 Å². The minimum Gasteiger partial charge on any atom is -0.456 e. The van der Waals surface area contributed by atoms with Crippen LogP contribution in [0.4, 0.5) is 17.1 Å². The van der Waals surface area contributed by atoms with Crippen LogP contribution in [-0.4, -0.2) is 0 Å². The van der Waals surface area contributed by atoms with Crippen molar-refractivity contribution in [2.24, 2.45) is 0 Å². The average Bonchev–Trinajstić information content (AvgIpc) is 3.99. The van der Waals surface area contributed by atoms with Gasteiger partial charge in [0.2, 0.25) is 0 Å². The molecular weight excluding hydrogens is 727 g/mol. The molecule has 3 aliphatic carbocycles. The molecular formula is C58H39NO. The molecule has 0 unspecified atom stereocenters. The lowest BCUT2D eigenvalue weighted by Gasteiger charge is -2.33. The third kappa shape index (κ3) is 4.27. The summed E-state index contributed by atoms with van der Waals surface area (Å²) < 4.78 is 6.60. The Hall–Kier alpha value is -7.42. The van der Waals surface area contributed by atoms with Gasteiger partial charge >= 0.3 is 0 Å². The van der Waals surface area contributed by atoms with Crippen LogP contribution in [0.25, 0.3) is 66.4 Å². The molecule has 0 atom stereocenters. The van der Waals surface area contributed by atoms with Crippen LogP contribution in [0.15, 0.2) is 205 Å². The molecule has 0 amide bonds. The van der Waals surface area contributed by atoms with Crippen molar-refractivity contribution in [3.8, 4) is 44.5 Å². The minimum atomic E-state index is -0.466. The van der Waals surface area contributed by atoms with Gasteiger partial charge in [-0.2, -0.15) is 0 Å². The van der Waals surface area contributed by atoms with Crippen LogP contribution in [0.5, 0.6) is 0 Å². The number of para-hydroxylation sites is 1. The van der Waals surface area contributed by atoms with Crippen molar-refractivity contribution < 1.29 is 4.42 Å². The summed E-state index contributed by atoms with van der Waals surface area (Å²) in [7, 11) is 0. The van der Waals surface area contributed by atoms with Crippen molar-refractivity contribution in [1.29, 1.82) is 0 Å². The second-order valence-electron chi connectivity index (χ2n) is 17.2. The molecule has 0 saturated heterocycles. The Labute approximate surface area is 349 Å². The summed E-state index contributed by atoms with van der Waals surface area (Å²) >= 11 is 0. The largest absolute Gasteiger partial charge is 0.456 e. The fourth-order valence-corrected chi connectivity index (χ4v) is 11.4. The zero-order valence-electron chi connectivity index (χ0n) is 33.4. The minimum absolute atomic E-state index is 0.216. The maximum absolute atomic E-state index is 6.60. The number of rotatable bonds is 4. The van der Waals surface area contributed by atoms with Gasteiger partial charge in [0.1, 0.15) is 11.2 Å². The van der Waals surface area contributed by atoms with Crippen LogP contribution in [-0.2, 0) is 10.8 Å². The van der Waals surface area contributed by atoms with Gasteiger partial charge in [-0.15, -0.1) is 0 Å². The Kier molecular flexibility index (Phi) is 6.74. The molecule has 60 heavy (non-hydrogen) atoms. The van der Waals surface area contributed by atoms with Gasteiger partial charge in [-0.25, -0.2) is 0 Å². The van der Waals surface area contributed by atoms with Crippen LogP contribution >= 0.6 is 0 Å².